The van der Waals surface area contributed by atoms with Crippen molar-refractivity contribution in [3.8, 4) is 0 Å². The Labute approximate surface area is 148 Å². The van der Waals surface area contributed by atoms with Crippen molar-refractivity contribution in [3.05, 3.63) is 12.7 Å². The molecule has 2 saturated carbocycles. The van der Waals surface area contributed by atoms with Gasteiger partial charge >= 0.3 is 0 Å². The first kappa shape index (κ1) is 19.5. The molecule has 2 aliphatic rings. The number of rotatable bonds is 9. The standard InChI is InChI=1S/C21H37NO2/c1-3-5-6-7-16-24-20-14-10-18(11-15-20)17-8-12-19(13-9-17)22-21(23)4-2/h4,17-20H,2-3,5-16H2,1H3,(H,22,23). The van der Waals surface area contributed by atoms with Gasteiger partial charge in [0.2, 0.25) is 5.91 Å². The van der Waals surface area contributed by atoms with E-state index in [0.717, 1.165) is 31.3 Å². The van der Waals surface area contributed by atoms with E-state index in [1.807, 2.05) is 0 Å². The molecule has 3 heteroatoms. The molecule has 1 N–H and O–H groups in total. The van der Waals surface area contributed by atoms with Crippen LogP contribution < -0.4 is 5.32 Å². The highest BCUT2D eigenvalue weighted by molar-refractivity contribution is 5.87. The molecule has 1 amide bonds. The molecule has 2 fully saturated rings. The smallest absolute Gasteiger partial charge is 0.243 e. The lowest BCUT2D eigenvalue weighted by molar-refractivity contribution is -0.117. The summed E-state index contributed by atoms with van der Waals surface area (Å²) in [6, 6.07) is 0.370. The second kappa shape index (κ2) is 10.9. The third kappa shape index (κ3) is 6.58. The largest absolute Gasteiger partial charge is 0.378 e. The second-order valence-electron chi connectivity index (χ2n) is 7.79. The van der Waals surface area contributed by atoms with Gasteiger partial charge in [-0.15, -0.1) is 0 Å². The Morgan fingerprint density at radius 1 is 1.00 bits per heavy atom. The van der Waals surface area contributed by atoms with Crippen LogP contribution in [0, 0.1) is 11.8 Å². The van der Waals surface area contributed by atoms with Crippen LogP contribution in [0.25, 0.3) is 0 Å². The number of ether oxygens (including phenoxy) is 1. The summed E-state index contributed by atoms with van der Waals surface area (Å²) >= 11 is 0. The Hall–Kier alpha value is -0.830. The van der Waals surface area contributed by atoms with E-state index in [0.29, 0.717) is 12.1 Å². The van der Waals surface area contributed by atoms with Gasteiger partial charge in [0.05, 0.1) is 6.10 Å². The number of hydrogen-bond donors (Lipinski definition) is 1. The molecule has 24 heavy (non-hydrogen) atoms. The number of hydrogen-bond acceptors (Lipinski definition) is 2. The zero-order chi connectivity index (χ0) is 17.2. The number of carbonyl (C=O) groups is 1. The minimum Gasteiger partial charge on any atom is -0.378 e. The van der Waals surface area contributed by atoms with Crippen molar-refractivity contribution in [2.75, 3.05) is 6.61 Å². The average molecular weight is 336 g/mol. The molecule has 0 atom stereocenters. The van der Waals surface area contributed by atoms with Gasteiger partial charge in [0, 0.05) is 12.6 Å². The summed E-state index contributed by atoms with van der Waals surface area (Å²) in [4.78, 5) is 11.4. The highest BCUT2D eigenvalue weighted by Gasteiger charge is 2.31. The number of amides is 1. The molecule has 0 bridgehead atoms. The van der Waals surface area contributed by atoms with Crippen LogP contribution in [0.5, 0.6) is 0 Å². The first-order valence-corrected chi connectivity index (χ1v) is 10.3. The van der Waals surface area contributed by atoms with Gasteiger partial charge in [-0.1, -0.05) is 32.8 Å². The predicted octanol–water partition coefficient (Wildman–Crippen LogP) is 5.00. The fraction of sp³-hybridized carbons (Fsp3) is 0.857. The van der Waals surface area contributed by atoms with Crippen molar-refractivity contribution in [2.45, 2.75) is 96.1 Å². The van der Waals surface area contributed by atoms with Crippen molar-refractivity contribution in [1.29, 1.82) is 0 Å². The lowest BCUT2D eigenvalue weighted by atomic mass is 9.72. The van der Waals surface area contributed by atoms with Gasteiger partial charge in [0.25, 0.3) is 0 Å². The molecule has 0 aromatic heterocycles. The molecule has 0 spiro atoms. The summed E-state index contributed by atoms with van der Waals surface area (Å²) in [5.74, 6) is 1.74. The van der Waals surface area contributed by atoms with Crippen LogP contribution in [0.3, 0.4) is 0 Å². The van der Waals surface area contributed by atoms with E-state index in [1.165, 1.54) is 70.3 Å². The Morgan fingerprint density at radius 3 is 2.21 bits per heavy atom. The average Bonchev–Trinajstić information content (AvgIpc) is 2.63. The van der Waals surface area contributed by atoms with E-state index in [4.69, 9.17) is 4.74 Å². The SMILES string of the molecule is C=CC(=O)NC1CCC(C2CCC(OCCCCCC)CC2)CC1. The Kier molecular flexibility index (Phi) is 8.87. The molecule has 0 unspecified atom stereocenters. The lowest BCUT2D eigenvalue weighted by Gasteiger charge is -2.37. The zero-order valence-corrected chi connectivity index (χ0v) is 15.6. The maximum atomic E-state index is 11.4. The Morgan fingerprint density at radius 2 is 1.62 bits per heavy atom. The molecule has 2 aliphatic carbocycles. The maximum Gasteiger partial charge on any atom is 0.243 e. The summed E-state index contributed by atoms with van der Waals surface area (Å²) in [7, 11) is 0. The molecule has 2 rings (SSSR count). The quantitative estimate of drug-likeness (QED) is 0.475. The van der Waals surface area contributed by atoms with Crippen molar-refractivity contribution in [3.63, 3.8) is 0 Å². The first-order valence-electron chi connectivity index (χ1n) is 10.3. The van der Waals surface area contributed by atoms with Gasteiger partial charge < -0.3 is 10.1 Å². The van der Waals surface area contributed by atoms with Crippen LogP contribution in [-0.2, 0) is 9.53 Å². The van der Waals surface area contributed by atoms with Gasteiger partial charge in [-0.3, -0.25) is 4.79 Å². The summed E-state index contributed by atoms with van der Waals surface area (Å²) in [6.07, 6.45) is 17.1. The predicted molar refractivity (Wildman–Crippen MR) is 99.9 cm³/mol. The van der Waals surface area contributed by atoms with Crippen molar-refractivity contribution >= 4 is 5.91 Å². The molecule has 3 nitrogen and oxygen atoms in total. The summed E-state index contributed by atoms with van der Waals surface area (Å²) < 4.78 is 6.08. The van der Waals surface area contributed by atoms with Gasteiger partial charge in [0.15, 0.2) is 0 Å². The first-order chi connectivity index (χ1) is 11.7. The molecule has 0 saturated heterocycles. The normalized spacial score (nSPS) is 30.7. The van der Waals surface area contributed by atoms with Crippen LogP contribution in [-0.4, -0.2) is 24.7 Å². The van der Waals surface area contributed by atoms with E-state index in [1.54, 1.807) is 0 Å². The molecule has 138 valence electrons. The monoisotopic (exact) mass is 335 g/mol. The van der Waals surface area contributed by atoms with Crippen LogP contribution in [0.2, 0.25) is 0 Å². The fourth-order valence-corrected chi connectivity index (χ4v) is 4.50. The van der Waals surface area contributed by atoms with E-state index in [9.17, 15) is 4.79 Å². The maximum absolute atomic E-state index is 11.4. The van der Waals surface area contributed by atoms with Gasteiger partial charge in [-0.2, -0.15) is 0 Å². The summed E-state index contributed by atoms with van der Waals surface area (Å²) in [6.45, 7) is 6.75. The van der Waals surface area contributed by atoms with Crippen LogP contribution >= 0.6 is 0 Å². The van der Waals surface area contributed by atoms with Crippen LogP contribution in [0.4, 0.5) is 0 Å². The third-order valence-electron chi connectivity index (χ3n) is 6.04. The molecule has 0 aromatic rings. The topological polar surface area (TPSA) is 38.3 Å². The highest BCUT2D eigenvalue weighted by atomic mass is 16.5. The van der Waals surface area contributed by atoms with Gasteiger partial charge in [0.1, 0.15) is 0 Å². The molecular weight excluding hydrogens is 298 g/mol. The second-order valence-corrected chi connectivity index (χ2v) is 7.79. The highest BCUT2D eigenvalue weighted by Crippen LogP contribution is 2.39. The van der Waals surface area contributed by atoms with E-state index < -0.39 is 0 Å². The molecule has 0 radical (unpaired) electrons. The van der Waals surface area contributed by atoms with Crippen LogP contribution in [0.1, 0.15) is 84.0 Å². The van der Waals surface area contributed by atoms with Gasteiger partial charge in [-0.05, 0) is 75.7 Å². The minimum atomic E-state index is -0.0185. The minimum absolute atomic E-state index is 0.0185. The molecule has 0 aromatic carbocycles. The molecular formula is C21H37NO2. The van der Waals surface area contributed by atoms with Crippen molar-refractivity contribution in [1.82, 2.24) is 5.32 Å². The molecule has 0 heterocycles. The van der Waals surface area contributed by atoms with E-state index in [2.05, 4.69) is 18.8 Å². The lowest BCUT2D eigenvalue weighted by Crippen LogP contribution is -2.38. The van der Waals surface area contributed by atoms with Crippen LogP contribution in [0.15, 0.2) is 12.7 Å². The zero-order valence-electron chi connectivity index (χ0n) is 15.6. The van der Waals surface area contributed by atoms with Gasteiger partial charge in [-0.25, -0.2) is 0 Å². The van der Waals surface area contributed by atoms with E-state index >= 15 is 0 Å². The summed E-state index contributed by atoms with van der Waals surface area (Å²) in [5.41, 5.74) is 0. The van der Waals surface area contributed by atoms with E-state index in [-0.39, 0.29) is 5.91 Å². The summed E-state index contributed by atoms with van der Waals surface area (Å²) in [5, 5.41) is 3.06. The number of nitrogens with one attached hydrogen (secondary N) is 1. The Balaban J connectivity index is 1.58. The third-order valence-corrected chi connectivity index (χ3v) is 6.04. The molecule has 0 aliphatic heterocycles. The Bertz CT molecular complexity index is 366. The number of unbranched alkanes of at least 4 members (excludes halogenated alkanes) is 3. The van der Waals surface area contributed by atoms with Crippen molar-refractivity contribution in [2.24, 2.45) is 11.8 Å². The number of carbonyl (C=O) groups excluding carboxylic acids is 1. The van der Waals surface area contributed by atoms with Crippen molar-refractivity contribution < 1.29 is 9.53 Å². The fourth-order valence-electron chi connectivity index (χ4n) is 4.50.